The smallest absolute Gasteiger partial charge is 0.273 e. The molecule has 1 aliphatic heterocycles. The van der Waals surface area contributed by atoms with Gasteiger partial charge in [0.2, 0.25) is 0 Å². The molecule has 0 bridgehead atoms. The molecule has 0 unspecified atom stereocenters. The number of nitrogens with zero attached hydrogens (tertiary/aromatic N) is 1. The molecule has 2 amide bonds. The van der Waals surface area contributed by atoms with Gasteiger partial charge in [-0.25, -0.2) is 0 Å². The van der Waals surface area contributed by atoms with Crippen LogP contribution in [0.1, 0.15) is 18.9 Å². The first kappa shape index (κ1) is 18.3. The molecule has 0 radical (unpaired) electrons. The highest BCUT2D eigenvalue weighted by Crippen LogP contribution is 2.36. The second-order valence-corrected chi connectivity index (χ2v) is 5.45. The van der Waals surface area contributed by atoms with E-state index in [-0.39, 0.29) is 17.2 Å². The Morgan fingerprint density at radius 3 is 2.42 bits per heavy atom. The molecule has 0 saturated carbocycles. The van der Waals surface area contributed by atoms with Gasteiger partial charge in [-0.1, -0.05) is 17.7 Å². The first-order valence-electron chi connectivity index (χ1n) is 7.61. The molecule has 0 aliphatic carbocycles. The zero-order valence-corrected chi connectivity index (χ0v) is 14.7. The summed E-state index contributed by atoms with van der Waals surface area (Å²) < 4.78 is 15.6. The van der Waals surface area contributed by atoms with Crippen LogP contribution in [0.5, 0.6) is 11.5 Å². The van der Waals surface area contributed by atoms with E-state index in [9.17, 15) is 9.59 Å². The molecule has 0 aromatic heterocycles. The number of amides is 2. The molecular weight excluding hydrogens is 334 g/mol. The van der Waals surface area contributed by atoms with Crippen LogP contribution in [0, 0.1) is 0 Å². The van der Waals surface area contributed by atoms with Crippen LogP contribution in [0.15, 0.2) is 23.2 Å². The summed E-state index contributed by atoms with van der Waals surface area (Å²) in [5, 5.41) is -0.0800. The number of imide groups is 1. The van der Waals surface area contributed by atoms with Gasteiger partial charge in [-0.05, 0) is 31.0 Å². The van der Waals surface area contributed by atoms with Gasteiger partial charge in [0, 0.05) is 19.8 Å². The molecule has 0 N–H and O–H groups in total. The fourth-order valence-electron chi connectivity index (χ4n) is 2.46. The molecule has 1 aromatic carbocycles. The van der Waals surface area contributed by atoms with E-state index in [0.29, 0.717) is 36.7 Å². The van der Waals surface area contributed by atoms with Crippen molar-refractivity contribution in [2.45, 2.75) is 13.3 Å². The van der Waals surface area contributed by atoms with Crippen LogP contribution in [-0.2, 0) is 14.3 Å². The molecule has 24 heavy (non-hydrogen) atoms. The number of hydrogen-bond acceptors (Lipinski definition) is 5. The Balaban J connectivity index is 2.24. The van der Waals surface area contributed by atoms with Crippen LogP contribution in [0.2, 0.25) is 0 Å². The largest absolute Gasteiger partial charge is 0.493 e. The average molecular weight is 354 g/mol. The lowest BCUT2D eigenvalue weighted by Gasteiger charge is -2.15. The van der Waals surface area contributed by atoms with E-state index in [0.717, 1.165) is 4.90 Å². The standard InChI is InChI=1S/C17H20ClNO5/c1-4-24-9-5-8-19-16(20)14(15(18)17(19)21)11-6-7-12(22-2)13(10-11)23-3/h6-7,10H,4-5,8-9H2,1-3H3. The van der Waals surface area contributed by atoms with Crippen molar-refractivity contribution < 1.29 is 23.8 Å². The van der Waals surface area contributed by atoms with Crippen molar-refractivity contribution in [1.29, 1.82) is 0 Å². The summed E-state index contributed by atoms with van der Waals surface area (Å²) >= 11 is 6.13. The van der Waals surface area contributed by atoms with Gasteiger partial charge in [-0.2, -0.15) is 0 Å². The molecule has 7 heteroatoms. The second-order valence-electron chi connectivity index (χ2n) is 5.07. The summed E-state index contributed by atoms with van der Waals surface area (Å²) in [6.07, 6.45) is 0.564. The predicted molar refractivity (Wildman–Crippen MR) is 90.1 cm³/mol. The maximum atomic E-state index is 12.6. The summed E-state index contributed by atoms with van der Waals surface area (Å²) in [7, 11) is 3.02. The molecule has 1 aromatic rings. The van der Waals surface area contributed by atoms with E-state index in [1.54, 1.807) is 18.2 Å². The zero-order chi connectivity index (χ0) is 17.7. The van der Waals surface area contributed by atoms with Crippen LogP contribution in [0.25, 0.3) is 5.57 Å². The normalized spacial score (nSPS) is 14.6. The third kappa shape index (κ3) is 3.55. The Labute approximate surface area is 145 Å². The van der Waals surface area contributed by atoms with Crippen molar-refractivity contribution in [3.63, 3.8) is 0 Å². The Hall–Kier alpha value is -2.05. The molecule has 2 rings (SSSR count). The van der Waals surface area contributed by atoms with Crippen molar-refractivity contribution in [2.24, 2.45) is 0 Å². The summed E-state index contributed by atoms with van der Waals surface area (Å²) in [5.74, 6) is 0.0991. The first-order valence-corrected chi connectivity index (χ1v) is 7.99. The molecule has 1 heterocycles. The molecule has 130 valence electrons. The Kier molecular flexibility index (Phi) is 6.23. The van der Waals surface area contributed by atoms with Gasteiger partial charge in [-0.3, -0.25) is 14.5 Å². The number of benzene rings is 1. The van der Waals surface area contributed by atoms with Crippen LogP contribution < -0.4 is 9.47 Å². The van der Waals surface area contributed by atoms with E-state index >= 15 is 0 Å². The second kappa shape index (κ2) is 8.17. The van der Waals surface area contributed by atoms with Gasteiger partial charge in [0.25, 0.3) is 11.8 Å². The molecular formula is C17H20ClNO5. The van der Waals surface area contributed by atoms with Gasteiger partial charge in [-0.15, -0.1) is 0 Å². The maximum absolute atomic E-state index is 12.6. The lowest BCUT2D eigenvalue weighted by molar-refractivity contribution is -0.136. The molecule has 1 aliphatic rings. The van der Waals surface area contributed by atoms with Crippen LogP contribution in [0.3, 0.4) is 0 Å². The van der Waals surface area contributed by atoms with Crippen molar-refractivity contribution in [3.8, 4) is 11.5 Å². The molecule has 0 spiro atoms. The van der Waals surface area contributed by atoms with Gasteiger partial charge in [0.05, 0.1) is 19.8 Å². The van der Waals surface area contributed by atoms with Crippen molar-refractivity contribution >= 4 is 29.0 Å². The molecule has 0 saturated heterocycles. The number of methoxy groups -OCH3 is 2. The molecule has 6 nitrogen and oxygen atoms in total. The van der Waals surface area contributed by atoms with Gasteiger partial charge >= 0.3 is 0 Å². The van der Waals surface area contributed by atoms with Gasteiger partial charge in [0.15, 0.2) is 11.5 Å². The lowest BCUT2D eigenvalue weighted by atomic mass is 10.1. The SMILES string of the molecule is CCOCCCN1C(=O)C(Cl)=C(c2ccc(OC)c(OC)c2)C1=O. The highest BCUT2D eigenvalue weighted by molar-refractivity contribution is 6.55. The molecule has 0 atom stereocenters. The van der Waals surface area contributed by atoms with E-state index in [4.69, 9.17) is 25.8 Å². The monoisotopic (exact) mass is 353 g/mol. The average Bonchev–Trinajstić information content (AvgIpc) is 2.81. The van der Waals surface area contributed by atoms with E-state index in [1.165, 1.54) is 14.2 Å². The highest BCUT2D eigenvalue weighted by atomic mass is 35.5. The third-order valence-corrected chi connectivity index (χ3v) is 4.01. The number of hydrogen-bond donors (Lipinski definition) is 0. The summed E-state index contributed by atoms with van der Waals surface area (Å²) in [4.78, 5) is 26.0. The summed E-state index contributed by atoms with van der Waals surface area (Å²) in [6, 6.07) is 4.97. The topological polar surface area (TPSA) is 65.1 Å². The number of carbonyl (C=O) groups is 2. The first-order chi connectivity index (χ1) is 11.5. The van der Waals surface area contributed by atoms with Crippen molar-refractivity contribution in [3.05, 3.63) is 28.8 Å². The minimum Gasteiger partial charge on any atom is -0.493 e. The quantitative estimate of drug-likeness (QED) is 0.530. The highest BCUT2D eigenvalue weighted by Gasteiger charge is 2.38. The number of ether oxygens (including phenoxy) is 3. The summed E-state index contributed by atoms with van der Waals surface area (Å²) in [5.41, 5.74) is 0.697. The van der Waals surface area contributed by atoms with Crippen LogP contribution in [0.4, 0.5) is 0 Å². The Morgan fingerprint density at radius 2 is 1.79 bits per heavy atom. The van der Waals surface area contributed by atoms with Crippen LogP contribution in [-0.4, -0.2) is 50.7 Å². The lowest BCUT2D eigenvalue weighted by Crippen LogP contribution is -2.32. The fourth-order valence-corrected chi connectivity index (χ4v) is 2.75. The number of rotatable bonds is 8. The van der Waals surface area contributed by atoms with E-state index < -0.39 is 11.8 Å². The van der Waals surface area contributed by atoms with E-state index in [1.807, 2.05) is 6.92 Å². The third-order valence-electron chi connectivity index (χ3n) is 3.66. The maximum Gasteiger partial charge on any atom is 0.273 e. The van der Waals surface area contributed by atoms with E-state index in [2.05, 4.69) is 0 Å². The predicted octanol–water partition coefficient (Wildman–Crippen LogP) is 2.45. The Morgan fingerprint density at radius 1 is 1.08 bits per heavy atom. The zero-order valence-electron chi connectivity index (χ0n) is 13.9. The van der Waals surface area contributed by atoms with Gasteiger partial charge < -0.3 is 14.2 Å². The van der Waals surface area contributed by atoms with Gasteiger partial charge in [0.1, 0.15) is 5.03 Å². The Bertz CT molecular complexity index is 671. The minimum absolute atomic E-state index is 0.0800. The minimum atomic E-state index is -0.483. The van der Waals surface area contributed by atoms with Crippen molar-refractivity contribution in [1.82, 2.24) is 4.90 Å². The molecule has 0 fully saturated rings. The number of halogens is 1. The summed E-state index contributed by atoms with van der Waals surface area (Å²) in [6.45, 7) is 3.24. The van der Waals surface area contributed by atoms with Crippen molar-refractivity contribution in [2.75, 3.05) is 34.0 Å². The van der Waals surface area contributed by atoms with Crippen LogP contribution >= 0.6 is 11.6 Å². The number of carbonyl (C=O) groups excluding carboxylic acids is 2. The fraction of sp³-hybridized carbons (Fsp3) is 0.412.